The van der Waals surface area contributed by atoms with Crippen LogP contribution in [0.15, 0.2) is 18.2 Å². The van der Waals surface area contributed by atoms with E-state index in [4.69, 9.17) is 34.4 Å². The number of hydrogen-bond donors (Lipinski definition) is 7. The summed E-state index contributed by atoms with van der Waals surface area (Å²) in [5.41, 5.74) is 31.3. The summed E-state index contributed by atoms with van der Waals surface area (Å²) in [7, 11) is 1.46. The molecule has 1 atom stereocenters. The zero-order chi connectivity index (χ0) is 14.6. The summed E-state index contributed by atoms with van der Waals surface area (Å²) < 4.78 is 0. The number of carbonyl (C=O) groups excluding carboxylic acids is 1. The number of nitrogens with one attached hydrogen (secondary N) is 1. The monoisotopic (exact) mass is 265 g/mol. The molecule has 19 heavy (non-hydrogen) atoms. The summed E-state index contributed by atoms with van der Waals surface area (Å²) in [6.45, 7) is 0. The normalized spacial score (nSPS) is 28.0. The number of Topliss-reactive ketones (excluding diaryl/α,β-unsaturated/α-hetero) is 1. The lowest BCUT2D eigenvalue weighted by Crippen LogP contribution is -2.92. The van der Waals surface area contributed by atoms with Crippen LogP contribution in [-0.4, -0.2) is 24.2 Å². The number of hydrogen-bond acceptors (Lipinski definition) is 8. The van der Waals surface area contributed by atoms with E-state index < -0.39 is 22.8 Å². The third kappa shape index (κ3) is 1.46. The van der Waals surface area contributed by atoms with E-state index in [1.165, 1.54) is 19.2 Å². The molecule has 1 aliphatic carbocycles. The number of carbonyl (C=O) groups is 1. The van der Waals surface area contributed by atoms with Crippen LogP contribution in [0.1, 0.15) is 15.9 Å². The van der Waals surface area contributed by atoms with Crippen molar-refractivity contribution >= 4 is 11.5 Å². The number of benzene rings is 1. The Morgan fingerprint density at radius 1 is 1.11 bits per heavy atom. The van der Waals surface area contributed by atoms with Gasteiger partial charge in [0.05, 0.1) is 0 Å². The van der Waals surface area contributed by atoms with E-state index in [0.29, 0.717) is 5.69 Å². The minimum absolute atomic E-state index is 0.252. The molecular weight excluding hydrogens is 246 g/mol. The van der Waals surface area contributed by atoms with Crippen LogP contribution < -0.4 is 39.7 Å². The molecule has 0 spiro atoms. The van der Waals surface area contributed by atoms with E-state index in [-0.39, 0.29) is 11.1 Å². The maximum Gasteiger partial charge on any atom is 0.201 e. The molecule has 0 saturated carbocycles. The van der Waals surface area contributed by atoms with Crippen molar-refractivity contribution in [1.29, 1.82) is 0 Å². The molecule has 1 aromatic rings. The van der Waals surface area contributed by atoms with Gasteiger partial charge in [-0.15, -0.1) is 0 Å². The third-order valence-electron chi connectivity index (χ3n) is 3.82. The van der Waals surface area contributed by atoms with Crippen molar-refractivity contribution in [1.82, 2.24) is 5.32 Å². The average Bonchev–Trinajstić information content (AvgIpc) is 2.35. The predicted molar refractivity (Wildman–Crippen MR) is 72.3 cm³/mol. The number of fused-ring (bicyclic) bond motifs is 1. The van der Waals surface area contributed by atoms with Gasteiger partial charge in [-0.05, 0) is 25.2 Å². The van der Waals surface area contributed by atoms with Crippen LogP contribution in [0.25, 0.3) is 0 Å². The van der Waals surface area contributed by atoms with Crippen molar-refractivity contribution < 1.29 is 4.79 Å². The molecule has 0 amide bonds. The average molecular weight is 265 g/mol. The fourth-order valence-corrected chi connectivity index (χ4v) is 2.37. The van der Waals surface area contributed by atoms with Gasteiger partial charge in [-0.3, -0.25) is 10.1 Å². The molecule has 1 unspecified atom stereocenters. The third-order valence-corrected chi connectivity index (χ3v) is 3.82. The first-order chi connectivity index (χ1) is 8.59. The van der Waals surface area contributed by atoms with Crippen LogP contribution in [0.5, 0.6) is 0 Å². The lowest BCUT2D eigenvalue weighted by atomic mass is 9.68. The molecule has 0 fully saturated rings. The lowest BCUT2D eigenvalue weighted by Gasteiger charge is -2.54. The predicted octanol–water partition coefficient (Wildman–Crippen LogP) is -2.98. The van der Waals surface area contributed by atoms with Gasteiger partial charge >= 0.3 is 0 Å². The highest BCUT2D eigenvalue weighted by Crippen LogP contribution is 2.37. The van der Waals surface area contributed by atoms with Crippen LogP contribution in [0, 0.1) is 0 Å². The Hall–Kier alpha value is -1.55. The number of ketones is 1. The first kappa shape index (κ1) is 13.9. The second-order valence-electron chi connectivity index (χ2n) is 4.93. The molecule has 0 heterocycles. The van der Waals surface area contributed by atoms with E-state index in [9.17, 15) is 4.79 Å². The number of rotatable bonds is 1. The summed E-state index contributed by atoms with van der Waals surface area (Å²) in [4.78, 5) is 12.5. The summed E-state index contributed by atoms with van der Waals surface area (Å²) in [5.74, 6) is -0.485. The first-order valence-electron chi connectivity index (χ1n) is 5.67. The Kier molecular flexibility index (Phi) is 2.72. The second-order valence-corrected chi connectivity index (χ2v) is 4.93. The highest BCUT2D eigenvalue weighted by molar-refractivity contribution is 6.07. The fraction of sp³-hybridized carbons (Fsp3) is 0.364. The van der Waals surface area contributed by atoms with E-state index in [0.717, 1.165) is 0 Å². The highest BCUT2D eigenvalue weighted by Gasteiger charge is 2.63. The highest BCUT2D eigenvalue weighted by atomic mass is 16.1. The van der Waals surface area contributed by atoms with Gasteiger partial charge in [0.25, 0.3) is 0 Å². The van der Waals surface area contributed by atoms with Gasteiger partial charge in [0.2, 0.25) is 5.78 Å². The van der Waals surface area contributed by atoms with E-state index >= 15 is 0 Å². The van der Waals surface area contributed by atoms with Crippen LogP contribution in [0.4, 0.5) is 5.69 Å². The minimum Gasteiger partial charge on any atom is -0.399 e. The van der Waals surface area contributed by atoms with Crippen molar-refractivity contribution in [2.75, 3.05) is 12.8 Å². The summed E-state index contributed by atoms with van der Waals surface area (Å²) in [6, 6.07) is 4.55. The van der Waals surface area contributed by atoms with E-state index in [2.05, 4.69) is 5.32 Å². The molecule has 1 aromatic carbocycles. The SMILES string of the molecule is CNC1(N)C(=O)c2ccc(N)cc2C(N)(N)C1(N)N. The summed E-state index contributed by atoms with van der Waals surface area (Å²) >= 11 is 0. The second kappa shape index (κ2) is 3.73. The van der Waals surface area contributed by atoms with Crippen molar-refractivity contribution in [2.24, 2.45) is 28.7 Å². The molecule has 0 aromatic heterocycles. The quantitative estimate of drug-likeness (QED) is 0.207. The number of anilines is 1. The minimum atomic E-state index is -1.90. The van der Waals surface area contributed by atoms with Crippen LogP contribution >= 0.6 is 0 Å². The molecular formula is C11H19N7O. The van der Waals surface area contributed by atoms with Gasteiger partial charge in [-0.25, -0.2) is 0 Å². The van der Waals surface area contributed by atoms with Gasteiger partial charge in [0, 0.05) is 16.8 Å². The molecule has 8 nitrogen and oxygen atoms in total. The van der Waals surface area contributed by atoms with Gasteiger partial charge in [-0.1, -0.05) is 0 Å². The smallest absolute Gasteiger partial charge is 0.201 e. The molecule has 0 saturated heterocycles. The molecule has 0 bridgehead atoms. The molecule has 13 N–H and O–H groups in total. The fourth-order valence-electron chi connectivity index (χ4n) is 2.37. The molecule has 0 aliphatic heterocycles. The maximum absolute atomic E-state index is 12.5. The first-order valence-corrected chi connectivity index (χ1v) is 5.67. The van der Waals surface area contributed by atoms with Gasteiger partial charge in [-0.2, -0.15) is 0 Å². The van der Waals surface area contributed by atoms with Gasteiger partial charge in [0.15, 0.2) is 5.66 Å². The Morgan fingerprint density at radius 2 is 1.68 bits per heavy atom. The summed E-state index contributed by atoms with van der Waals surface area (Å²) in [6.07, 6.45) is 0. The summed E-state index contributed by atoms with van der Waals surface area (Å²) in [5, 5.41) is 2.62. The Balaban J connectivity index is 2.83. The largest absolute Gasteiger partial charge is 0.399 e. The Morgan fingerprint density at radius 3 is 2.21 bits per heavy atom. The Labute approximate surface area is 110 Å². The van der Waals surface area contributed by atoms with Gasteiger partial charge < -0.3 is 34.4 Å². The zero-order valence-corrected chi connectivity index (χ0v) is 10.6. The van der Waals surface area contributed by atoms with Crippen molar-refractivity contribution in [3.05, 3.63) is 29.3 Å². The van der Waals surface area contributed by atoms with Crippen LogP contribution in [0.2, 0.25) is 0 Å². The molecule has 0 radical (unpaired) electrons. The van der Waals surface area contributed by atoms with E-state index in [1.807, 2.05) is 0 Å². The molecule has 104 valence electrons. The molecule has 1 aliphatic rings. The number of nitrogens with two attached hydrogens (primary N) is 6. The van der Waals surface area contributed by atoms with Crippen molar-refractivity contribution in [3.8, 4) is 0 Å². The molecule has 2 rings (SSSR count). The maximum atomic E-state index is 12.5. The molecule has 8 heteroatoms. The number of likely N-dealkylation sites (N-methyl/N-ethyl adjacent to an activating group) is 1. The van der Waals surface area contributed by atoms with Crippen LogP contribution in [0.3, 0.4) is 0 Å². The lowest BCUT2D eigenvalue weighted by molar-refractivity contribution is 0.0504. The standard InChI is InChI=1S/C11H19N7O/c1-18-10(15)8(19)6-3-2-5(12)4-7(6)9(13,14)11(10,16)17/h2-4,18H,12-17H2,1H3. The van der Waals surface area contributed by atoms with Crippen LogP contribution in [-0.2, 0) is 5.66 Å². The Bertz CT molecular complexity index is 554. The topological polar surface area (TPSA) is 185 Å². The van der Waals surface area contributed by atoms with E-state index in [1.54, 1.807) is 6.07 Å². The van der Waals surface area contributed by atoms with Crippen molar-refractivity contribution in [3.63, 3.8) is 0 Å². The zero-order valence-electron chi connectivity index (χ0n) is 10.6. The van der Waals surface area contributed by atoms with Gasteiger partial charge in [0.1, 0.15) is 11.3 Å². The van der Waals surface area contributed by atoms with Crippen molar-refractivity contribution in [2.45, 2.75) is 17.0 Å². The number of nitrogen functional groups attached to an aromatic ring is 1.